The predicted octanol–water partition coefficient (Wildman–Crippen LogP) is 3.85. The van der Waals surface area contributed by atoms with Gasteiger partial charge in [-0.3, -0.25) is 4.99 Å². The Hall–Kier alpha value is -2.00. The van der Waals surface area contributed by atoms with E-state index in [-0.39, 0.29) is 24.0 Å². The number of nitrogens with zero attached hydrogens (tertiary/aromatic N) is 2. The molecule has 0 aliphatic heterocycles. The SMILES string of the molecule is CN=C(NCCOCc1ccccc1)N(C)Cc1cc(OC)c(OC)cc1C.I. The van der Waals surface area contributed by atoms with Crippen LogP contribution in [0, 0.1) is 6.92 Å². The Morgan fingerprint density at radius 1 is 1.07 bits per heavy atom. The van der Waals surface area contributed by atoms with Crippen molar-refractivity contribution in [2.45, 2.75) is 20.1 Å². The van der Waals surface area contributed by atoms with Gasteiger partial charge < -0.3 is 24.4 Å². The Morgan fingerprint density at radius 3 is 2.34 bits per heavy atom. The van der Waals surface area contributed by atoms with Crippen LogP contribution < -0.4 is 14.8 Å². The molecule has 2 aromatic rings. The van der Waals surface area contributed by atoms with E-state index < -0.39 is 0 Å². The summed E-state index contributed by atoms with van der Waals surface area (Å²) < 4.78 is 16.5. The fraction of sp³-hybridized carbons (Fsp3) is 0.409. The average Bonchev–Trinajstić information content (AvgIpc) is 2.72. The van der Waals surface area contributed by atoms with Crippen molar-refractivity contribution in [2.75, 3.05) is 41.5 Å². The number of ether oxygens (including phenoxy) is 3. The van der Waals surface area contributed by atoms with E-state index in [9.17, 15) is 0 Å². The minimum Gasteiger partial charge on any atom is -0.493 e. The molecule has 2 aromatic carbocycles. The molecule has 0 aliphatic carbocycles. The topological polar surface area (TPSA) is 55.3 Å². The van der Waals surface area contributed by atoms with Gasteiger partial charge in [0.25, 0.3) is 0 Å². The van der Waals surface area contributed by atoms with Gasteiger partial charge in [0.15, 0.2) is 17.5 Å². The molecule has 29 heavy (non-hydrogen) atoms. The van der Waals surface area contributed by atoms with E-state index in [0.29, 0.717) is 26.3 Å². The standard InChI is InChI=1S/C22H31N3O3.HI/c1-17-13-20(26-4)21(27-5)14-19(17)15-25(3)22(23-2)24-11-12-28-16-18-9-7-6-8-10-18;/h6-10,13-14H,11-12,15-16H2,1-5H3,(H,23,24);1H. The van der Waals surface area contributed by atoms with Gasteiger partial charge in [-0.2, -0.15) is 0 Å². The molecule has 1 N–H and O–H groups in total. The first-order chi connectivity index (χ1) is 13.6. The van der Waals surface area contributed by atoms with Crippen molar-refractivity contribution < 1.29 is 14.2 Å². The molecule has 0 amide bonds. The number of hydrogen-bond donors (Lipinski definition) is 1. The van der Waals surface area contributed by atoms with Gasteiger partial charge in [0.1, 0.15) is 0 Å². The first-order valence-electron chi connectivity index (χ1n) is 9.34. The fourth-order valence-corrected chi connectivity index (χ4v) is 2.91. The van der Waals surface area contributed by atoms with Gasteiger partial charge in [0.05, 0.1) is 27.4 Å². The first-order valence-corrected chi connectivity index (χ1v) is 9.34. The van der Waals surface area contributed by atoms with Crippen LogP contribution in [0.25, 0.3) is 0 Å². The lowest BCUT2D eigenvalue weighted by atomic mass is 10.1. The van der Waals surface area contributed by atoms with E-state index in [1.54, 1.807) is 21.3 Å². The van der Waals surface area contributed by atoms with Crippen LogP contribution in [0.5, 0.6) is 11.5 Å². The number of hydrogen-bond acceptors (Lipinski definition) is 4. The summed E-state index contributed by atoms with van der Waals surface area (Å²) in [5.74, 6) is 2.29. The summed E-state index contributed by atoms with van der Waals surface area (Å²) in [5.41, 5.74) is 3.47. The molecule has 0 heterocycles. The molecular weight excluding hydrogens is 481 g/mol. The number of rotatable bonds is 9. The minimum atomic E-state index is 0. The monoisotopic (exact) mass is 513 g/mol. The highest BCUT2D eigenvalue weighted by Gasteiger charge is 2.12. The summed E-state index contributed by atoms with van der Waals surface area (Å²) in [7, 11) is 7.09. The van der Waals surface area contributed by atoms with E-state index in [1.807, 2.05) is 37.4 Å². The third kappa shape index (κ3) is 7.74. The van der Waals surface area contributed by atoms with E-state index in [0.717, 1.165) is 28.6 Å². The number of methoxy groups -OCH3 is 2. The van der Waals surface area contributed by atoms with E-state index >= 15 is 0 Å². The Bertz CT molecular complexity index is 769. The van der Waals surface area contributed by atoms with Crippen LogP contribution in [0.1, 0.15) is 16.7 Å². The fourth-order valence-electron chi connectivity index (χ4n) is 2.91. The van der Waals surface area contributed by atoms with Crippen LogP contribution in [0.3, 0.4) is 0 Å². The summed E-state index contributed by atoms with van der Waals surface area (Å²) in [6, 6.07) is 14.2. The lowest BCUT2D eigenvalue weighted by molar-refractivity contribution is 0.125. The van der Waals surface area contributed by atoms with Crippen molar-refractivity contribution in [3.8, 4) is 11.5 Å². The Kier molecular flexibility index (Phi) is 11.5. The molecule has 0 saturated heterocycles. The third-order valence-electron chi connectivity index (χ3n) is 4.46. The summed E-state index contributed by atoms with van der Waals surface area (Å²) in [6.45, 7) is 4.68. The Morgan fingerprint density at radius 2 is 1.72 bits per heavy atom. The van der Waals surface area contributed by atoms with Gasteiger partial charge in [-0.25, -0.2) is 0 Å². The third-order valence-corrected chi connectivity index (χ3v) is 4.46. The minimum absolute atomic E-state index is 0. The molecule has 0 bridgehead atoms. The van der Waals surface area contributed by atoms with Crippen molar-refractivity contribution in [1.82, 2.24) is 10.2 Å². The molecule has 0 radical (unpaired) electrons. The molecule has 7 heteroatoms. The quantitative estimate of drug-likeness (QED) is 0.239. The molecule has 0 atom stereocenters. The van der Waals surface area contributed by atoms with Crippen molar-refractivity contribution >= 4 is 29.9 Å². The normalized spacial score (nSPS) is 10.9. The maximum absolute atomic E-state index is 5.72. The van der Waals surface area contributed by atoms with E-state index in [1.165, 1.54) is 5.56 Å². The number of benzene rings is 2. The largest absolute Gasteiger partial charge is 0.493 e. The van der Waals surface area contributed by atoms with Crippen molar-refractivity contribution in [1.29, 1.82) is 0 Å². The molecule has 0 saturated carbocycles. The van der Waals surface area contributed by atoms with Crippen LogP contribution >= 0.6 is 24.0 Å². The van der Waals surface area contributed by atoms with Crippen molar-refractivity contribution in [2.24, 2.45) is 4.99 Å². The molecular formula is C22H32IN3O3. The molecule has 160 valence electrons. The average molecular weight is 513 g/mol. The smallest absolute Gasteiger partial charge is 0.193 e. The second kappa shape index (κ2) is 13.3. The van der Waals surface area contributed by atoms with Crippen LogP contribution in [0.4, 0.5) is 0 Å². The first kappa shape index (κ1) is 25.0. The van der Waals surface area contributed by atoms with Crippen LogP contribution in [0.15, 0.2) is 47.5 Å². The summed E-state index contributed by atoms with van der Waals surface area (Å²) in [6.07, 6.45) is 0. The van der Waals surface area contributed by atoms with Gasteiger partial charge >= 0.3 is 0 Å². The second-order valence-electron chi connectivity index (χ2n) is 6.50. The second-order valence-corrected chi connectivity index (χ2v) is 6.50. The Balaban J connectivity index is 0.00000420. The lowest BCUT2D eigenvalue weighted by Gasteiger charge is -2.23. The zero-order valence-corrected chi connectivity index (χ0v) is 20.2. The van der Waals surface area contributed by atoms with Crippen LogP contribution in [-0.4, -0.2) is 52.3 Å². The number of aliphatic imine (C=N–C) groups is 1. The molecule has 6 nitrogen and oxygen atoms in total. The van der Waals surface area contributed by atoms with Crippen molar-refractivity contribution in [3.63, 3.8) is 0 Å². The zero-order valence-electron chi connectivity index (χ0n) is 17.9. The van der Waals surface area contributed by atoms with Gasteiger partial charge in [0, 0.05) is 27.2 Å². The van der Waals surface area contributed by atoms with Crippen LogP contribution in [-0.2, 0) is 17.9 Å². The number of nitrogens with one attached hydrogen (secondary N) is 1. The van der Waals surface area contributed by atoms with E-state index in [4.69, 9.17) is 14.2 Å². The highest BCUT2D eigenvalue weighted by molar-refractivity contribution is 14.0. The lowest BCUT2D eigenvalue weighted by Crippen LogP contribution is -2.40. The maximum Gasteiger partial charge on any atom is 0.193 e. The van der Waals surface area contributed by atoms with Crippen LogP contribution in [0.2, 0.25) is 0 Å². The maximum atomic E-state index is 5.72. The summed E-state index contributed by atoms with van der Waals surface area (Å²) in [4.78, 5) is 6.44. The Labute approximate surface area is 191 Å². The van der Waals surface area contributed by atoms with E-state index in [2.05, 4.69) is 34.3 Å². The highest BCUT2D eigenvalue weighted by Crippen LogP contribution is 2.30. The van der Waals surface area contributed by atoms with Gasteiger partial charge in [-0.1, -0.05) is 30.3 Å². The highest BCUT2D eigenvalue weighted by atomic mass is 127. The molecule has 0 aromatic heterocycles. The zero-order chi connectivity index (χ0) is 20.4. The predicted molar refractivity (Wildman–Crippen MR) is 129 cm³/mol. The molecule has 2 rings (SSSR count). The molecule has 0 aliphatic rings. The van der Waals surface area contributed by atoms with Gasteiger partial charge in [-0.15, -0.1) is 24.0 Å². The molecule has 0 unspecified atom stereocenters. The molecule has 0 fully saturated rings. The number of aryl methyl sites for hydroxylation is 1. The van der Waals surface area contributed by atoms with Gasteiger partial charge in [-0.05, 0) is 35.7 Å². The summed E-state index contributed by atoms with van der Waals surface area (Å²) in [5, 5.41) is 3.34. The van der Waals surface area contributed by atoms with Gasteiger partial charge in [0.2, 0.25) is 0 Å². The summed E-state index contributed by atoms with van der Waals surface area (Å²) >= 11 is 0. The number of guanidine groups is 1. The van der Waals surface area contributed by atoms with Crippen molar-refractivity contribution in [3.05, 3.63) is 59.2 Å². The molecule has 0 spiro atoms. The number of halogens is 1.